The first-order chi connectivity index (χ1) is 11.5. The Labute approximate surface area is 147 Å². The normalized spacial score (nSPS) is 17.2. The molecule has 0 aliphatic carbocycles. The van der Waals surface area contributed by atoms with Crippen molar-refractivity contribution in [2.24, 2.45) is 0 Å². The van der Waals surface area contributed by atoms with Crippen molar-refractivity contribution in [1.29, 1.82) is 0 Å². The van der Waals surface area contributed by atoms with Crippen LogP contribution in [0.4, 0.5) is 0 Å². The zero-order valence-electron chi connectivity index (χ0n) is 14.2. The van der Waals surface area contributed by atoms with Gasteiger partial charge in [-0.1, -0.05) is 12.1 Å². The van der Waals surface area contributed by atoms with Gasteiger partial charge in [-0.05, 0) is 17.7 Å². The first-order valence-corrected chi connectivity index (χ1v) is 9.20. The van der Waals surface area contributed by atoms with Crippen LogP contribution in [0.25, 0.3) is 0 Å². The molecule has 1 aliphatic rings. The Bertz CT molecular complexity index is 560. The van der Waals surface area contributed by atoms with E-state index >= 15 is 0 Å². The molecule has 0 radical (unpaired) electrons. The van der Waals surface area contributed by atoms with Gasteiger partial charge in [-0.15, -0.1) is 0 Å². The molecule has 0 bridgehead atoms. The van der Waals surface area contributed by atoms with E-state index in [-0.39, 0.29) is 24.5 Å². The number of likely N-dealkylation sites (N-methyl/N-ethyl adjacent to an activating group) is 1. The van der Waals surface area contributed by atoms with Gasteiger partial charge in [0.05, 0.1) is 0 Å². The number of nitrogens with one attached hydrogen (secondary N) is 2. The highest BCUT2D eigenvalue weighted by atomic mass is 32.2. The van der Waals surface area contributed by atoms with Gasteiger partial charge >= 0.3 is 0 Å². The molecule has 24 heavy (non-hydrogen) atoms. The van der Waals surface area contributed by atoms with Crippen LogP contribution < -0.4 is 15.4 Å². The predicted molar refractivity (Wildman–Crippen MR) is 96.2 cm³/mol. The maximum Gasteiger partial charge on any atom is 0.259 e. The van der Waals surface area contributed by atoms with Crippen molar-refractivity contribution in [3.05, 3.63) is 29.8 Å². The van der Waals surface area contributed by atoms with Crippen LogP contribution in [0.5, 0.6) is 5.75 Å². The lowest BCUT2D eigenvalue weighted by atomic mass is 10.2. The molecule has 1 aliphatic heterocycles. The Morgan fingerprint density at radius 1 is 1.42 bits per heavy atom. The Balaban J connectivity index is 1.76. The fraction of sp³-hybridized carbons (Fsp3) is 0.529. The molecule has 2 rings (SSSR count). The third-order valence-electron chi connectivity index (χ3n) is 3.68. The number of ether oxygens (including phenoxy) is 1. The van der Waals surface area contributed by atoms with Crippen molar-refractivity contribution in [3.8, 4) is 5.75 Å². The fourth-order valence-electron chi connectivity index (χ4n) is 2.27. The third kappa shape index (κ3) is 6.41. The van der Waals surface area contributed by atoms with Crippen LogP contribution >= 0.6 is 11.8 Å². The summed E-state index contributed by atoms with van der Waals surface area (Å²) in [5.74, 6) is 2.68. The third-order valence-corrected chi connectivity index (χ3v) is 4.81. The molecule has 1 saturated heterocycles. The summed E-state index contributed by atoms with van der Waals surface area (Å²) in [5, 5.41) is 6.29. The molecule has 1 aromatic rings. The van der Waals surface area contributed by atoms with Gasteiger partial charge < -0.3 is 20.3 Å². The first kappa shape index (κ1) is 18.6. The van der Waals surface area contributed by atoms with E-state index in [1.54, 1.807) is 20.2 Å². The topological polar surface area (TPSA) is 70.7 Å². The number of thioether (sulfide) groups is 1. The fourth-order valence-corrected chi connectivity index (χ4v) is 3.22. The molecule has 0 saturated carbocycles. The van der Waals surface area contributed by atoms with E-state index in [1.807, 2.05) is 30.0 Å². The highest BCUT2D eigenvalue weighted by Crippen LogP contribution is 2.14. The van der Waals surface area contributed by atoms with Gasteiger partial charge in [0.1, 0.15) is 5.75 Å². The second-order valence-corrected chi connectivity index (χ2v) is 7.08. The summed E-state index contributed by atoms with van der Waals surface area (Å²) in [6.45, 7) is 1.43. The van der Waals surface area contributed by atoms with Crippen LogP contribution in [0, 0.1) is 0 Å². The second kappa shape index (κ2) is 9.54. The van der Waals surface area contributed by atoms with Gasteiger partial charge in [-0.2, -0.15) is 11.8 Å². The maximum absolute atomic E-state index is 12.0. The summed E-state index contributed by atoms with van der Waals surface area (Å²) in [6, 6.07) is 7.69. The maximum atomic E-state index is 12.0. The van der Waals surface area contributed by atoms with E-state index in [0.717, 1.165) is 23.6 Å². The summed E-state index contributed by atoms with van der Waals surface area (Å²) in [4.78, 5) is 25.0. The van der Waals surface area contributed by atoms with Crippen molar-refractivity contribution in [3.63, 3.8) is 0 Å². The largest absolute Gasteiger partial charge is 0.484 e. The van der Waals surface area contributed by atoms with Crippen LogP contribution in [0.15, 0.2) is 24.3 Å². The van der Waals surface area contributed by atoms with Gasteiger partial charge in [-0.3, -0.25) is 9.59 Å². The smallest absolute Gasteiger partial charge is 0.259 e. The lowest BCUT2D eigenvalue weighted by molar-refractivity contribution is -0.130. The Morgan fingerprint density at radius 3 is 2.96 bits per heavy atom. The van der Waals surface area contributed by atoms with Gasteiger partial charge in [0.2, 0.25) is 5.91 Å². The summed E-state index contributed by atoms with van der Waals surface area (Å²) in [6.07, 6.45) is 0.501. The number of amides is 2. The van der Waals surface area contributed by atoms with Crippen molar-refractivity contribution in [1.82, 2.24) is 15.5 Å². The van der Waals surface area contributed by atoms with E-state index in [0.29, 0.717) is 18.7 Å². The van der Waals surface area contributed by atoms with Gasteiger partial charge in [0.25, 0.3) is 5.91 Å². The highest BCUT2D eigenvalue weighted by Gasteiger charge is 2.16. The Kier molecular flexibility index (Phi) is 7.39. The average molecular weight is 351 g/mol. The minimum atomic E-state index is -0.0912. The van der Waals surface area contributed by atoms with Crippen molar-refractivity contribution in [2.75, 3.05) is 38.8 Å². The lowest BCUT2D eigenvalue weighted by Crippen LogP contribution is -2.41. The quantitative estimate of drug-likeness (QED) is 0.763. The molecule has 6 nitrogen and oxygen atoms in total. The van der Waals surface area contributed by atoms with Gasteiger partial charge in [-0.25, -0.2) is 0 Å². The van der Waals surface area contributed by atoms with Crippen LogP contribution in [-0.4, -0.2) is 61.5 Å². The van der Waals surface area contributed by atoms with Crippen molar-refractivity contribution in [2.45, 2.75) is 19.0 Å². The molecule has 7 heteroatoms. The second-order valence-electron chi connectivity index (χ2n) is 5.93. The molecule has 2 amide bonds. The zero-order chi connectivity index (χ0) is 17.4. The van der Waals surface area contributed by atoms with Gasteiger partial charge in [0, 0.05) is 51.2 Å². The number of rotatable bonds is 7. The number of carbonyl (C=O) groups excluding carboxylic acids is 2. The SMILES string of the molecule is CN(C)C(=O)COc1cccc(CNC(=O)CC2CSCCN2)c1. The van der Waals surface area contributed by atoms with Crippen molar-refractivity contribution >= 4 is 23.6 Å². The van der Waals surface area contributed by atoms with Crippen LogP contribution in [-0.2, 0) is 16.1 Å². The summed E-state index contributed by atoms with van der Waals surface area (Å²) in [5.41, 5.74) is 0.948. The molecular weight excluding hydrogens is 326 g/mol. The minimum Gasteiger partial charge on any atom is -0.484 e. The number of hydrogen-bond donors (Lipinski definition) is 2. The molecule has 1 heterocycles. The van der Waals surface area contributed by atoms with Gasteiger partial charge in [0.15, 0.2) is 6.61 Å². The van der Waals surface area contributed by atoms with E-state index in [4.69, 9.17) is 4.74 Å². The predicted octanol–water partition coefficient (Wildman–Crippen LogP) is 0.865. The van der Waals surface area contributed by atoms with E-state index in [1.165, 1.54) is 4.90 Å². The molecule has 1 atom stereocenters. The summed E-state index contributed by atoms with van der Waals surface area (Å²) < 4.78 is 5.48. The molecular formula is C17H25N3O3S. The first-order valence-electron chi connectivity index (χ1n) is 8.04. The zero-order valence-corrected chi connectivity index (χ0v) is 15.0. The standard InChI is InChI=1S/C17H25N3O3S/c1-20(2)17(22)11-23-15-5-3-4-13(8-15)10-19-16(21)9-14-12-24-7-6-18-14/h3-5,8,14,18H,6-7,9-12H2,1-2H3,(H,19,21). The van der Waals surface area contributed by atoms with Crippen LogP contribution in [0.3, 0.4) is 0 Å². The molecule has 132 valence electrons. The highest BCUT2D eigenvalue weighted by molar-refractivity contribution is 7.99. The Morgan fingerprint density at radius 2 is 2.25 bits per heavy atom. The number of nitrogens with zero attached hydrogens (tertiary/aromatic N) is 1. The van der Waals surface area contributed by atoms with E-state index in [2.05, 4.69) is 10.6 Å². The molecule has 2 N–H and O–H groups in total. The van der Waals surface area contributed by atoms with E-state index in [9.17, 15) is 9.59 Å². The van der Waals surface area contributed by atoms with Crippen LogP contribution in [0.1, 0.15) is 12.0 Å². The van der Waals surface area contributed by atoms with Crippen LogP contribution in [0.2, 0.25) is 0 Å². The molecule has 1 unspecified atom stereocenters. The molecule has 0 spiro atoms. The monoisotopic (exact) mass is 351 g/mol. The summed E-state index contributed by atoms with van der Waals surface area (Å²) in [7, 11) is 3.38. The minimum absolute atomic E-state index is 0.00777. The average Bonchev–Trinajstić information content (AvgIpc) is 2.59. The Hall–Kier alpha value is -1.73. The molecule has 1 fully saturated rings. The number of benzene rings is 1. The van der Waals surface area contributed by atoms with Crippen molar-refractivity contribution < 1.29 is 14.3 Å². The number of hydrogen-bond acceptors (Lipinski definition) is 5. The van der Waals surface area contributed by atoms with E-state index < -0.39 is 0 Å². The molecule has 0 aromatic heterocycles. The lowest BCUT2D eigenvalue weighted by Gasteiger charge is -2.22. The summed E-state index contributed by atoms with van der Waals surface area (Å²) >= 11 is 1.88. The molecule has 1 aromatic carbocycles. The number of carbonyl (C=O) groups is 2.